The third kappa shape index (κ3) is 3.55. The molecule has 21 heavy (non-hydrogen) atoms. The first-order valence-corrected chi connectivity index (χ1v) is 7.14. The lowest BCUT2D eigenvalue weighted by atomic mass is 10.0. The Bertz CT molecular complexity index is 671. The van der Waals surface area contributed by atoms with Gasteiger partial charge >= 0.3 is 0 Å². The highest BCUT2D eigenvalue weighted by Gasteiger charge is 2.08. The molecule has 110 valence electrons. The number of hydrogen-bond donors (Lipinski definition) is 1. The van der Waals surface area contributed by atoms with E-state index in [0.29, 0.717) is 11.5 Å². The molecule has 0 aliphatic carbocycles. The van der Waals surface area contributed by atoms with E-state index in [0.717, 1.165) is 21.3 Å². The van der Waals surface area contributed by atoms with E-state index in [1.54, 1.807) is 14.2 Å². The summed E-state index contributed by atoms with van der Waals surface area (Å²) in [6, 6.07) is 11.5. The molecule has 1 amide bonds. The first-order chi connectivity index (χ1) is 10.0. The van der Waals surface area contributed by atoms with Gasteiger partial charge in [0.05, 0.1) is 19.9 Å². The van der Waals surface area contributed by atoms with Crippen LogP contribution in [0.1, 0.15) is 6.92 Å². The van der Waals surface area contributed by atoms with Crippen LogP contribution in [0.4, 0.5) is 5.69 Å². The van der Waals surface area contributed by atoms with Gasteiger partial charge in [-0.25, -0.2) is 0 Å². The Morgan fingerprint density at radius 1 is 1.00 bits per heavy atom. The van der Waals surface area contributed by atoms with Crippen molar-refractivity contribution in [3.05, 3.63) is 40.9 Å². The zero-order chi connectivity index (χ0) is 15.4. The van der Waals surface area contributed by atoms with Crippen molar-refractivity contribution in [2.24, 2.45) is 0 Å². The van der Waals surface area contributed by atoms with Gasteiger partial charge in [-0.2, -0.15) is 0 Å². The molecule has 0 spiro atoms. The summed E-state index contributed by atoms with van der Waals surface area (Å²) in [5.74, 6) is 1.27. The summed E-state index contributed by atoms with van der Waals surface area (Å²) in [6.07, 6.45) is 0. The molecule has 4 nitrogen and oxygen atoms in total. The fourth-order valence-electron chi connectivity index (χ4n) is 2.00. The van der Waals surface area contributed by atoms with E-state index >= 15 is 0 Å². The number of benzene rings is 2. The summed E-state index contributed by atoms with van der Waals surface area (Å²) >= 11 is 3.47. The van der Waals surface area contributed by atoms with Crippen molar-refractivity contribution >= 4 is 27.5 Å². The number of carbonyl (C=O) groups excluding carboxylic acids is 1. The number of anilines is 1. The number of hydrogen-bond acceptors (Lipinski definition) is 3. The van der Waals surface area contributed by atoms with Gasteiger partial charge < -0.3 is 14.8 Å². The maximum atomic E-state index is 11.1. The van der Waals surface area contributed by atoms with E-state index in [9.17, 15) is 4.79 Å². The Morgan fingerprint density at radius 3 is 2.19 bits per heavy atom. The van der Waals surface area contributed by atoms with Crippen LogP contribution in [-0.2, 0) is 4.79 Å². The van der Waals surface area contributed by atoms with Crippen LogP contribution in [-0.4, -0.2) is 20.1 Å². The van der Waals surface area contributed by atoms with Crippen molar-refractivity contribution in [3.8, 4) is 22.6 Å². The maximum absolute atomic E-state index is 11.1. The number of carbonyl (C=O) groups is 1. The second kappa shape index (κ2) is 6.63. The number of rotatable bonds is 4. The maximum Gasteiger partial charge on any atom is 0.221 e. The first kappa shape index (κ1) is 15.4. The number of halogens is 1. The van der Waals surface area contributed by atoms with Crippen LogP contribution in [0.15, 0.2) is 40.9 Å². The van der Waals surface area contributed by atoms with E-state index in [1.807, 2.05) is 36.4 Å². The van der Waals surface area contributed by atoms with Crippen LogP contribution in [0, 0.1) is 0 Å². The minimum absolute atomic E-state index is 0.102. The van der Waals surface area contributed by atoms with Crippen LogP contribution in [0.2, 0.25) is 0 Å². The summed E-state index contributed by atoms with van der Waals surface area (Å²) in [4.78, 5) is 11.1. The van der Waals surface area contributed by atoms with E-state index in [2.05, 4.69) is 21.2 Å². The first-order valence-electron chi connectivity index (χ1n) is 6.34. The van der Waals surface area contributed by atoms with Crippen molar-refractivity contribution < 1.29 is 14.3 Å². The minimum atomic E-state index is -0.102. The smallest absolute Gasteiger partial charge is 0.221 e. The van der Waals surface area contributed by atoms with Gasteiger partial charge in [-0.15, -0.1) is 0 Å². The molecule has 2 aromatic rings. The second-order valence-electron chi connectivity index (χ2n) is 4.45. The summed E-state index contributed by atoms with van der Waals surface area (Å²) in [6.45, 7) is 1.48. The highest BCUT2D eigenvalue weighted by atomic mass is 79.9. The molecule has 0 radical (unpaired) electrons. The molecule has 2 aromatic carbocycles. The fourth-order valence-corrected chi connectivity index (χ4v) is 2.48. The number of methoxy groups -OCH3 is 2. The average Bonchev–Trinajstić information content (AvgIpc) is 2.48. The van der Waals surface area contributed by atoms with Crippen LogP contribution in [0.3, 0.4) is 0 Å². The molecule has 0 unspecified atom stereocenters. The zero-order valence-electron chi connectivity index (χ0n) is 12.1. The molecule has 0 aliphatic rings. The Hall–Kier alpha value is -2.01. The zero-order valence-corrected chi connectivity index (χ0v) is 13.7. The minimum Gasteiger partial charge on any atom is -0.493 e. The summed E-state index contributed by atoms with van der Waals surface area (Å²) < 4.78 is 11.4. The molecular weight excluding hydrogens is 334 g/mol. The van der Waals surface area contributed by atoms with Gasteiger partial charge in [0.25, 0.3) is 0 Å². The summed E-state index contributed by atoms with van der Waals surface area (Å²) in [5, 5.41) is 2.76. The Morgan fingerprint density at radius 2 is 1.62 bits per heavy atom. The molecule has 0 aliphatic heterocycles. The highest BCUT2D eigenvalue weighted by molar-refractivity contribution is 9.10. The number of nitrogens with one attached hydrogen (secondary N) is 1. The molecule has 5 heteroatoms. The monoisotopic (exact) mass is 349 g/mol. The Kier molecular flexibility index (Phi) is 4.85. The second-order valence-corrected chi connectivity index (χ2v) is 5.30. The van der Waals surface area contributed by atoms with Crippen molar-refractivity contribution in [2.75, 3.05) is 19.5 Å². The highest BCUT2D eigenvalue weighted by Crippen LogP contribution is 2.34. The molecule has 0 aromatic heterocycles. The van der Waals surface area contributed by atoms with E-state index in [4.69, 9.17) is 9.47 Å². The van der Waals surface area contributed by atoms with Crippen molar-refractivity contribution in [3.63, 3.8) is 0 Å². The Labute approximate surface area is 132 Å². The fraction of sp³-hybridized carbons (Fsp3) is 0.188. The third-order valence-corrected chi connectivity index (χ3v) is 3.65. The van der Waals surface area contributed by atoms with Crippen molar-refractivity contribution in [1.82, 2.24) is 0 Å². The Balaban J connectivity index is 2.38. The van der Waals surface area contributed by atoms with Crippen molar-refractivity contribution in [2.45, 2.75) is 6.92 Å². The van der Waals surface area contributed by atoms with E-state index in [-0.39, 0.29) is 5.91 Å². The lowest BCUT2D eigenvalue weighted by Crippen LogP contribution is -2.06. The molecule has 0 fully saturated rings. The van der Waals surface area contributed by atoms with Gasteiger partial charge in [-0.3, -0.25) is 4.79 Å². The van der Waals surface area contributed by atoms with E-state index < -0.39 is 0 Å². The lowest BCUT2D eigenvalue weighted by molar-refractivity contribution is -0.114. The van der Waals surface area contributed by atoms with Crippen LogP contribution in [0.5, 0.6) is 11.5 Å². The largest absolute Gasteiger partial charge is 0.493 e. The topological polar surface area (TPSA) is 47.6 Å². The molecule has 0 heterocycles. The van der Waals surface area contributed by atoms with Crippen molar-refractivity contribution in [1.29, 1.82) is 0 Å². The molecule has 0 atom stereocenters. The van der Waals surface area contributed by atoms with Crippen LogP contribution >= 0.6 is 15.9 Å². The average molecular weight is 350 g/mol. The van der Waals surface area contributed by atoms with Gasteiger partial charge in [-0.05, 0) is 51.3 Å². The molecule has 1 N–H and O–H groups in total. The quantitative estimate of drug-likeness (QED) is 0.904. The van der Waals surface area contributed by atoms with Gasteiger partial charge in [-0.1, -0.05) is 12.1 Å². The predicted octanol–water partition coefficient (Wildman–Crippen LogP) is 4.09. The molecular formula is C16H16BrNO3. The molecule has 0 saturated carbocycles. The third-order valence-electron chi connectivity index (χ3n) is 3.00. The molecule has 0 saturated heterocycles. The number of ether oxygens (including phenoxy) is 2. The van der Waals surface area contributed by atoms with E-state index in [1.165, 1.54) is 6.92 Å². The summed E-state index contributed by atoms with van der Waals surface area (Å²) in [5.41, 5.74) is 2.76. The molecule has 0 bridgehead atoms. The van der Waals surface area contributed by atoms with Gasteiger partial charge in [0.15, 0.2) is 11.5 Å². The molecule has 2 rings (SSSR count). The predicted molar refractivity (Wildman–Crippen MR) is 87.0 cm³/mol. The normalized spacial score (nSPS) is 10.1. The number of amides is 1. The lowest BCUT2D eigenvalue weighted by Gasteiger charge is -2.11. The SMILES string of the molecule is COc1ccc(-c2ccc(NC(C)=O)c(Br)c2)cc1OC. The van der Waals surface area contributed by atoms with Gasteiger partial charge in [0.2, 0.25) is 5.91 Å². The summed E-state index contributed by atoms with van der Waals surface area (Å²) in [7, 11) is 3.22. The standard InChI is InChI=1S/C16H16BrNO3/c1-10(19)18-14-6-4-11(8-13(14)17)12-5-7-15(20-2)16(9-12)21-3/h4-9H,1-3H3,(H,18,19). The van der Waals surface area contributed by atoms with Gasteiger partial charge in [0.1, 0.15) is 0 Å². The van der Waals surface area contributed by atoms with Gasteiger partial charge in [0, 0.05) is 11.4 Å². The van der Waals surface area contributed by atoms with Crippen LogP contribution < -0.4 is 14.8 Å². The van der Waals surface area contributed by atoms with Crippen LogP contribution in [0.25, 0.3) is 11.1 Å².